The lowest BCUT2D eigenvalue weighted by atomic mass is 10.2. The second kappa shape index (κ2) is 5.90. The summed E-state index contributed by atoms with van der Waals surface area (Å²) in [6.07, 6.45) is -0.323. The Kier molecular flexibility index (Phi) is 4.77. The van der Waals surface area contributed by atoms with Crippen LogP contribution in [0.3, 0.4) is 0 Å². The molecule has 1 rings (SSSR count). The van der Waals surface area contributed by atoms with E-state index in [0.29, 0.717) is 26.2 Å². The standard InChI is InChI=1S/C11H22N4O3/c1-11(2,3)18-10(17)15-7-5-14(6-8-15)9(16)13-12-4/h12H,5-8H2,1-4H3,(H,13,16). The molecule has 7 heteroatoms. The van der Waals surface area contributed by atoms with E-state index in [1.807, 2.05) is 20.8 Å². The Hall–Kier alpha value is -1.50. The number of hydrazine groups is 1. The molecule has 0 aromatic heterocycles. The second-order valence-corrected chi connectivity index (χ2v) is 5.13. The lowest BCUT2D eigenvalue weighted by Gasteiger charge is -2.35. The molecule has 0 radical (unpaired) electrons. The van der Waals surface area contributed by atoms with Crippen LogP contribution in [-0.4, -0.2) is 60.8 Å². The van der Waals surface area contributed by atoms with Crippen molar-refractivity contribution in [3.63, 3.8) is 0 Å². The molecule has 7 nitrogen and oxygen atoms in total. The van der Waals surface area contributed by atoms with E-state index in [1.165, 1.54) is 0 Å². The average Bonchev–Trinajstić information content (AvgIpc) is 2.27. The molecule has 1 aliphatic rings. The fourth-order valence-electron chi connectivity index (χ4n) is 1.60. The molecule has 0 spiro atoms. The molecule has 0 atom stereocenters. The SMILES string of the molecule is CNNC(=O)N1CCN(C(=O)OC(C)(C)C)CC1. The maximum Gasteiger partial charge on any atom is 0.410 e. The van der Waals surface area contributed by atoms with Gasteiger partial charge in [0.05, 0.1) is 0 Å². The van der Waals surface area contributed by atoms with Gasteiger partial charge >= 0.3 is 12.1 Å². The summed E-state index contributed by atoms with van der Waals surface area (Å²) >= 11 is 0. The molecule has 1 fully saturated rings. The fraction of sp³-hybridized carbons (Fsp3) is 0.818. The first kappa shape index (κ1) is 14.6. The molecule has 1 heterocycles. The maximum absolute atomic E-state index is 11.8. The van der Waals surface area contributed by atoms with Gasteiger partial charge in [0, 0.05) is 33.2 Å². The molecule has 0 saturated carbocycles. The number of nitrogens with zero attached hydrogens (tertiary/aromatic N) is 2. The first-order chi connectivity index (χ1) is 8.33. The van der Waals surface area contributed by atoms with Gasteiger partial charge in [-0.15, -0.1) is 0 Å². The summed E-state index contributed by atoms with van der Waals surface area (Å²) in [4.78, 5) is 26.6. The normalized spacial score (nSPS) is 16.4. The van der Waals surface area contributed by atoms with Gasteiger partial charge in [0.1, 0.15) is 5.60 Å². The number of hydrogen-bond donors (Lipinski definition) is 2. The lowest BCUT2D eigenvalue weighted by Crippen LogP contribution is -2.55. The van der Waals surface area contributed by atoms with Crippen molar-refractivity contribution in [2.75, 3.05) is 33.2 Å². The molecule has 1 aliphatic heterocycles. The van der Waals surface area contributed by atoms with E-state index in [-0.39, 0.29) is 12.1 Å². The van der Waals surface area contributed by atoms with Crippen LogP contribution in [-0.2, 0) is 4.74 Å². The molecule has 0 aliphatic carbocycles. The highest BCUT2D eigenvalue weighted by molar-refractivity contribution is 5.74. The summed E-state index contributed by atoms with van der Waals surface area (Å²) in [5, 5.41) is 0. The summed E-state index contributed by atoms with van der Waals surface area (Å²) in [5.74, 6) is 0. The van der Waals surface area contributed by atoms with Crippen LogP contribution < -0.4 is 10.9 Å². The van der Waals surface area contributed by atoms with E-state index in [0.717, 1.165) is 0 Å². The van der Waals surface area contributed by atoms with Gasteiger partial charge in [0.25, 0.3) is 0 Å². The van der Waals surface area contributed by atoms with Gasteiger partial charge in [0.15, 0.2) is 0 Å². The second-order valence-electron chi connectivity index (χ2n) is 5.13. The van der Waals surface area contributed by atoms with Crippen LogP contribution in [0.25, 0.3) is 0 Å². The van der Waals surface area contributed by atoms with E-state index >= 15 is 0 Å². The lowest BCUT2D eigenvalue weighted by molar-refractivity contribution is 0.0169. The first-order valence-electron chi connectivity index (χ1n) is 6.03. The minimum atomic E-state index is -0.488. The number of carbonyl (C=O) groups excluding carboxylic acids is 2. The van der Waals surface area contributed by atoms with Gasteiger partial charge in [-0.25, -0.2) is 15.0 Å². The molecule has 0 aromatic carbocycles. The molecule has 0 bridgehead atoms. The Morgan fingerprint density at radius 1 is 1.06 bits per heavy atom. The van der Waals surface area contributed by atoms with Crippen LogP contribution in [0, 0.1) is 0 Å². The topological polar surface area (TPSA) is 73.9 Å². The summed E-state index contributed by atoms with van der Waals surface area (Å²) in [5.41, 5.74) is 4.59. The average molecular weight is 258 g/mol. The highest BCUT2D eigenvalue weighted by Crippen LogP contribution is 2.11. The highest BCUT2D eigenvalue weighted by Gasteiger charge is 2.27. The Morgan fingerprint density at radius 3 is 2.00 bits per heavy atom. The van der Waals surface area contributed by atoms with Crippen LogP contribution in [0.4, 0.5) is 9.59 Å². The van der Waals surface area contributed by atoms with Crippen molar-refractivity contribution in [1.82, 2.24) is 20.7 Å². The number of nitrogens with one attached hydrogen (secondary N) is 2. The zero-order valence-corrected chi connectivity index (χ0v) is 11.4. The van der Waals surface area contributed by atoms with Crippen molar-refractivity contribution in [3.8, 4) is 0 Å². The van der Waals surface area contributed by atoms with Crippen LogP contribution in [0.2, 0.25) is 0 Å². The van der Waals surface area contributed by atoms with Gasteiger partial charge in [-0.2, -0.15) is 0 Å². The Morgan fingerprint density at radius 2 is 1.56 bits per heavy atom. The molecule has 0 unspecified atom stereocenters. The predicted molar refractivity (Wildman–Crippen MR) is 67.0 cm³/mol. The predicted octanol–water partition coefficient (Wildman–Crippen LogP) is 0.383. The minimum Gasteiger partial charge on any atom is -0.444 e. The third-order valence-electron chi connectivity index (χ3n) is 2.45. The third-order valence-corrected chi connectivity index (χ3v) is 2.45. The zero-order chi connectivity index (χ0) is 13.8. The summed E-state index contributed by atoms with van der Waals surface area (Å²) in [7, 11) is 1.63. The summed E-state index contributed by atoms with van der Waals surface area (Å²) in [6, 6.07) is -0.179. The monoisotopic (exact) mass is 258 g/mol. The van der Waals surface area contributed by atoms with Gasteiger partial charge in [-0.3, -0.25) is 5.43 Å². The Bertz CT molecular complexity index is 306. The van der Waals surface area contributed by atoms with Crippen LogP contribution in [0.15, 0.2) is 0 Å². The van der Waals surface area contributed by atoms with Gasteiger partial charge in [-0.05, 0) is 20.8 Å². The summed E-state index contributed by atoms with van der Waals surface area (Å²) in [6.45, 7) is 7.50. The maximum atomic E-state index is 11.8. The number of hydrogen-bond acceptors (Lipinski definition) is 4. The highest BCUT2D eigenvalue weighted by atomic mass is 16.6. The molecule has 3 amide bonds. The van der Waals surface area contributed by atoms with E-state index in [2.05, 4.69) is 10.9 Å². The van der Waals surface area contributed by atoms with E-state index in [4.69, 9.17) is 4.74 Å². The Balaban J connectivity index is 2.39. The smallest absolute Gasteiger partial charge is 0.410 e. The van der Waals surface area contributed by atoms with Crippen molar-refractivity contribution in [1.29, 1.82) is 0 Å². The van der Waals surface area contributed by atoms with Crippen molar-refractivity contribution in [2.24, 2.45) is 0 Å². The quantitative estimate of drug-likeness (QED) is 0.667. The van der Waals surface area contributed by atoms with Crippen molar-refractivity contribution >= 4 is 12.1 Å². The van der Waals surface area contributed by atoms with E-state index < -0.39 is 5.60 Å². The fourth-order valence-corrected chi connectivity index (χ4v) is 1.60. The van der Waals surface area contributed by atoms with Crippen LogP contribution >= 0.6 is 0 Å². The minimum absolute atomic E-state index is 0.179. The number of ether oxygens (including phenoxy) is 1. The molecule has 1 saturated heterocycles. The first-order valence-corrected chi connectivity index (χ1v) is 6.03. The van der Waals surface area contributed by atoms with E-state index in [9.17, 15) is 9.59 Å². The van der Waals surface area contributed by atoms with Gasteiger partial charge in [-0.1, -0.05) is 0 Å². The van der Waals surface area contributed by atoms with Crippen molar-refractivity contribution < 1.29 is 14.3 Å². The number of piperazine rings is 1. The number of carbonyl (C=O) groups is 2. The van der Waals surface area contributed by atoms with Gasteiger partial charge in [0.2, 0.25) is 0 Å². The number of rotatable bonds is 1. The van der Waals surface area contributed by atoms with Crippen molar-refractivity contribution in [3.05, 3.63) is 0 Å². The van der Waals surface area contributed by atoms with Crippen LogP contribution in [0.1, 0.15) is 20.8 Å². The summed E-state index contributed by atoms with van der Waals surface area (Å²) < 4.78 is 5.28. The molecular formula is C11H22N4O3. The zero-order valence-electron chi connectivity index (χ0n) is 11.4. The third kappa shape index (κ3) is 4.40. The molecular weight excluding hydrogens is 236 g/mol. The molecule has 18 heavy (non-hydrogen) atoms. The number of amides is 3. The Labute approximate surface area is 107 Å². The molecule has 2 N–H and O–H groups in total. The van der Waals surface area contributed by atoms with Crippen LogP contribution in [0.5, 0.6) is 0 Å². The largest absolute Gasteiger partial charge is 0.444 e. The van der Waals surface area contributed by atoms with E-state index in [1.54, 1.807) is 16.8 Å². The molecule has 104 valence electrons. The molecule has 0 aromatic rings. The van der Waals surface area contributed by atoms with Crippen molar-refractivity contribution in [2.45, 2.75) is 26.4 Å². The number of urea groups is 1. The van der Waals surface area contributed by atoms with Gasteiger partial charge < -0.3 is 14.5 Å².